The summed E-state index contributed by atoms with van der Waals surface area (Å²) in [6.45, 7) is 0. The van der Waals surface area contributed by atoms with Gasteiger partial charge in [-0.25, -0.2) is 4.98 Å². The summed E-state index contributed by atoms with van der Waals surface area (Å²) >= 11 is 0. The smallest absolute Gasteiger partial charge is 0.141 e. The van der Waals surface area contributed by atoms with E-state index < -0.39 is 0 Å². The number of rotatable bonds is 4. The molecular formula is C10H18N4. The molecule has 0 aliphatic heterocycles. The van der Waals surface area contributed by atoms with Crippen LogP contribution in [0, 0.1) is 5.92 Å². The van der Waals surface area contributed by atoms with Crippen molar-refractivity contribution < 1.29 is 0 Å². The van der Waals surface area contributed by atoms with E-state index >= 15 is 0 Å². The van der Waals surface area contributed by atoms with Crippen molar-refractivity contribution in [1.29, 1.82) is 0 Å². The van der Waals surface area contributed by atoms with Crippen molar-refractivity contribution in [2.75, 3.05) is 7.05 Å². The number of hydrogen-bond donors (Lipinski definition) is 2. The predicted molar refractivity (Wildman–Crippen MR) is 54.8 cm³/mol. The van der Waals surface area contributed by atoms with E-state index in [1.165, 1.54) is 32.1 Å². The molecule has 1 saturated carbocycles. The fraction of sp³-hybridized carbons (Fsp3) is 0.800. The Morgan fingerprint density at radius 3 is 2.93 bits per heavy atom. The molecule has 1 atom stereocenters. The average Bonchev–Trinajstić information content (AvgIpc) is 2.86. The van der Waals surface area contributed by atoms with Gasteiger partial charge in [-0.1, -0.05) is 25.7 Å². The molecule has 1 fully saturated rings. The minimum Gasteiger partial charge on any atom is -0.310 e. The lowest BCUT2D eigenvalue weighted by atomic mass is 9.98. The first kappa shape index (κ1) is 9.65. The summed E-state index contributed by atoms with van der Waals surface area (Å²) in [4.78, 5) is 4.20. The van der Waals surface area contributed by atoms with E-state index in [0.29, 0.717) is 6.04 Å². The average molecular weight is 194 g/mol. The standard InChI is InChI=1S/C10H18N4/c1-11-9(10-12-7-13-14-10)6-8-4-2-3-5-8/h7-9,11H,2-6H2,1H3,(H,12,13,14). The molecule has 0 bridgehead atoms. The van der Waals surface area contributed by atoms with E-state index in [1.54, 1.807) is 6.33 Å². The summed E-state index contributed by atoms with van der Waals surface area (Å²) in [5, 5.41) is 10.1. The zero-order valence-corrected chi connectivity index (χ0v) is 8.66. The summed E-state index contributed by atoms with van der Waals surface area (Å²) in [6, 6.07) is 0.348. The second-order valence-corrected chi connectivity index (χ2v) is 4.10. The highest BCUT2D eigenvalue weighted by atomic mass is 15.2. The van der Waals surface area contributed by atoms with E-state index in [9.17, 15) is 0 Å². The molecule has 1 aromatic rings. The molecular weight excluding hydrogens is 176 g/mol. The van der Waals surface area contributed by atoms with E-state index in [2.05, 4.69) is 20.5 Å². The van der Waals surface area contributed by atoms with Crippen LogP contribution in [0.4, 0.5) is 0 Å². The van der Waals surface area contributed by atoms with Crippen molar-refractivity contribution in [3.8, 4) is 0 Å². The molecule has 4 nitrogen and oxygen atoms in total. The van der Waals surface area contributed by atoms with Gasteiger partial charge in [0.05, 0.1) is 6.04 Å². The maximum Gasteiger partial charge on any atom is 0.141 e. The Balaban J connectivity index is 1.93. The molecule has 1 aliphatic rings. The third-order valence-electron chi connectivity index (χ3n) is 3.16. The highest BCUT2D eigenvalue weighted by Gasteiger charge is 2.21. The molecule has 1 heterocycles. The first-order valence-corrected chi connectivity index (χ1v) is 5.42. The third kappa shape index (κ3) is 2.12. The van der Waals surface area contributed by atoms with Gasteiger partial charge in [0.15, 0.2) is 0 Å². The molecule has 4 heteroatoms. The lowest BCUT2D eigenvalue weighted by Gasteiger charge is -2.17. The maximum atomic E-state index is 4.20. The van der Waals surface area contributed by atoms with Gasteiger partial charge in [-0.3, -0.25) is 5.10 Å². The van der Waals surface area contributed by atoms with Crippen molar-refractivity contribution in [2.24, 2.45) is 5.92 Å². The Bertz CT molecular complexity index is 251. The van der Waals surface area contributed by atoms with Gasteiger partial charge in [0, 0.05) is 0 Å². The third-order valence-corrected chi connectivity index (χ3v) is 3.16. The minimum absolute atomic E-state index is 0.348. The second-order valence-electron chi connectivity index (χ2n) is 4.10. The minimum atomic E-state index is 0.348. The zero-order valence-electron chi connectivity index (χ0n) is 8.66. The van der Waals surface area contributed by atoms with Crippen molar-refractivity contribution in [3.63, 3.8) is 0 Å². The molecule has 0 aromatic carbocycles. The highest BCUT2D eigenvalue weighted by Crippen LogP contribution is 2.31. The summed E-state index contributed by atoms with van der Waals surface area (Å²) in [5.74, 6) is 1.84. The number of nitrogens with one attached hydrogen (secondary N) is 2. The largest absolute Gasteiger partial charge is 0.310 e. The molecule has 0 amide bonds. The summed E-state index contributed by atoms with van der Waals surface area (Å²) in [7, 11) is 1.99. The monoisotopic (exact) mass is 194 g/mol. The van der Waals surface area contributed by atoms with Gasteiger partial charge in [0.1, 0.15) is 12.2 Å². The van der Waals surface area contributed by atoms with Crippen LogP contribution in [0.5, 0.6) is 0 Å². The van der Waals surface area contributed by atoms with E-state index in [1.807, 2.05) is 7.05 Å². The van der Waals surface area contributed by atoms with Crippen molar-refractivity contribution in [1.82, 2.24) is 20.5 Å². The van der Waals surface area contributed by atoms with Gasteiger partial charge in [0.25, 0.3) is 0 Å². The quantitative estimate of drug-likeness (QED) is 0.766. The van der Waals surface area contributed by atoms with Crippen LogP contribution in [0.15, 0.2) is 6.33 Å². The molecule has 1 unspecified atom stereocenters. The Hall–Kier alpha value is -0.900. The normalized spacial score (nSPS) is 20.1. The molecule has 14 heavy (non-hydrogen) atoms. The maximum absolute atomic E-state index is 4.20. The Kier molecular flexibility index (Phi) is 3.14. The lowest BCUT2D eigenvalue weighted by molar-refractivity contribution is 0.402. The molecule has 2 N–H and O–H groups in total. The predicted octanol–water partition coefficient (Wildman–Crippen LogP) is 1.65. The van der Waals surface area contributed by atoms with Crippen LogP contribution >= 0.6 is 0 Å². The first-order chi connectivity index (χ1) is 6.90. The van der Waals surface area contributed by atoms with Crippen LogP contribution in [0.2, 0.25) is 0 Å². The number of hydrogen-bond acceptors (Lipinski definition) is 3. The van der Waals surface area contributed by atoms with Crippen molar-refractivity contribution >= 4 is 0 Å². The summed E-state index contributed by atoms with van der Waals surface area (Å²) in [6.07, 6.45) is 8.33. The summed E-state index contributed by atoms with van der Waals surface area (Å²) in [5.41, 5.74) is 0. The second kappa shape index (κ2) is 4.55. The fourth-order valence-electron chi connectivity index (χ4n) is 2.33. The molecule has 0 spiro atoms. The highest BCUT2D eigenvalue weighted by molar-refractivity contribution is 4.92. The van der Waals surface area contributed by atoms with E-state index in [4.69, 9.17) is 0 Å². The Morgan fingerprint density at radius 2 is 2.36 bits per heavy atom. The van der Waals surface area contributed by atoms with Crippen LogP contribution in [-0.2, 0) is 0 Å². The van der Waals surface area contributed by atoms with Crippen LogP contribution < -0.4 is 5.32 Å². The molecule has 1 aliphatic carbocycles. The van der Waals surface area contributed by atoms with Gasteiger partial charge in [-0.2, -0.15) is 5.10 Å². The fourth-order valence-corrected chi connectivity index (χ4v) is 2.33. The van der Waals surface area contributed by atoms with Crippen molar-refractivity contribution in [3.05, 3.63) is 12.2 Å². The number of aromatic amines is 1. The number of aromatic nitrogens is 3. The first-order valence-electron chi connectivity index (χ1n) is 5.42. The molecule has 0 radical (unpaired) electrons. The van der Waals surface area contributed by atoms with Gasteiger partial charge >= 0.3 is 0 Å². The molecule has 78 valence electrons. The summed E-state index contributed by atoms with van der Waals surface area (Å²) < 4.78 is 0. The Labute approximate surface area is 84.5 Å². The van der Waals surface area contributed by atoms with Gasteiger partial charge in [-0.15, -0.1) is 0 Å². The van der Waals surface area contributed by atoms with Crippen LogP contribution in [-0.4, -0.2) is 22.2 Å². The Morgan fingerprint density at radius 1 is 1.57 bits per heavy atom. The molecule has 1 aromatic heterocycles. The van der Waals surface area contributed by atoms with E-state index in [-0.39, 0.29) is 0 Å². The molecule has 2 rings (SSSR count). The van der Waals surface area contributed by atoms with Crippen LogP contribution in [0.3, 0.4) is 0 Å². The topological polar surface area (TPSA) is 53.6 Å². The van der Waals surface area contributed by atoms with E-state index in [0.717, 1.165) is 11.7 Å². The molecule has 0 saturated heterocycles. The van der Waals surface area contributed by atoms with Gasteiger partial charge in [0.2, 0.25) is 0 Å². The van der Waals surface area contributed by atoms with Crippen molar-refractivity contribution in [2.45, 2.75) is 38.1 Å². The van der Waals surface area contributed by atoms with Crippen LogP contribution in [0.25, 0.3) is 0 Å². The van der Waals surface area contributed by atoms with Gasteiger partial charge < -0.3 is 5.32 Å². The lowest BCUT2D eigenvalue weighted by Crippen LogP contribution is -2.20. The van der Waals surface area contributed by atoms with Crippen LogP contribution in [0.1, 0.15) is 44.0 Å². The number of H-pyrrole nitrogens is 1. The van der Waals surface area contributed by atoms with Gasteiger partial charge in [-0.05, 0) is 19.4 Å². The SMILES string of the molecule is CNC(CC1CCCC1)c1ncn[nH]1. The zero-order chi connectivity index (χ0) is 9.80. The number of nitrogens with zero attached hydrogens (tertiary/aromatic N) is 2.